The molecule has 7 nitrogen and oxygen atoms in total. The van der Waals surface area contributed by atoms with Crippen LogP contribution in [0.15, 0.2) is 47.8 Å². The second kappa shape index (κ2) is 8.28. The van der Waals surface area contributed by atoms with Gasteiger partial charge >= 0.3 is 0 Å². The number of nitrogens with one attached hydrogen (secondary N) is 1. The van der Waals surface area contributed by atoms with Gasteiger partial charge in [0.2, 0.25) is 10.0 Å². The number of amides is 1. The normalized spacial score (nSPS) is 11.5. The average Bonchev–Trinajstić information content (AvgIpc) is 2.51. The van der Waals surface area contributed by atoms with Crippen molar-refractivity contribution in [2.75, 3.05) is 17.1 Å². The van der Waals surface area contributed by atoms with Crippen molar-refractivity contribution in [3.63, 3.8) is 0 Å². The predicted molar refractivity (Wildman–Crippen MR) is 98.6 cm³/mol. The largest absolute Gasteiger partial charge is 0.271 e. The maximum absolute atomic E-state index is 12.0. The van der Waals surface area contributed by atoms with E-state index >= 15 is 0 Å². The van der Waals surface area contributed by atoms with Crippen LogP contribution in [0.2, 0.25) is 10.0 Å². The van der Waals surface area contributed by atoms with E-state index in [2.05, 4.69) is 15.5 Å². The van der Waals surface area contributed by atoms with Crippen molar-refractivity contribution in [2.24, 2.45) is 5.10 Å². The van der Waals surface area contributed by atoms with Gasteiger partial charge in [-0.3, -0.25) is 14.1 Å². The van der Waals surface area contributed by atoms with Crippen LogP contribution in [-0.2, 0) is 14.8 Å². The molecule has 0 bridgehead atoms. The summed E-state index contributed by atoms with van der Waals surface area (Å²) in [4.78, 5) is 15.9. The Morgan fingerprint density at radius 2 is 1.84 bits per heavy atom. The van der Waals surface area contributed by atoms with Gasteiger partial charge in [0.25, 0.3) is 5.91 Å². The molecule has 10 heteroatoms. The van der Waals surface area contributed by atoms with Crippen molar-refractivity contribution in [3.05, 3.63) is 58.3 Å². The molecule has 1 amide bonds. The third kappa shape index (κ3) is 6.00. The smallest absolute Gasteiger partial charge is 0.260 e. The lowest BCUT2D eigenvalue weighted by atomic mass is 10.3. The van der Waals surface area contributed by atoms with Crippen molar-refractivity contribution in [1.82, 2.24) is 10.4 Å². The summed E-state index contributed by atoms with van der Waals surface area (Å²) in [6.45, 7) is -0.469. The molecule has 1 aromatic heterocycles. The molecule has 1 aromatic carbocycles. The number of aromatic nitrogens is 1. The summed E-state index contributed by atoms with van der Waals surface area (Å²) in [7, 11) is -3.73. The van der Waals surface area contributed by atoms with E-state index in [1.54, 1.807) is 24.5 Å². The van der Waals surface area contributed by atoms with Crippen molar-refractivity contribution in [3.8, 4) is 0 Å². The van der Waals surface area contributed by atoms with Crippen molar-refractivity contribution >= 4 is 51.0 Å². The predicted octanol–water partition coefficient (Wildman–Crippen LogP) is 2.30. The van der Waals surface area contributed by atoms with Crippen LogP contribution in [0.25, 0.3) is 0 Å². The van der Waals surface area contributed by atoms with E-state index in [4.69, 9.17) is 23.2 Å². The van der Waals surface area contributed by atoms with Crippen LogP contribution in [0.4, 0.5) is 5.69 Å². The summed E-state index contributed by atoms with van der Waals surface area (Å²) in [5.41, 5.74) is 3.19. The van der Waals surface area contributed by atoms with Gasteiger partial charge in [-0.05, 0) is 35.9 Å². The number of pyridine rings is 1. The van der Waals surface area contributed by atoms with Crippen LogP contribution < -0.4 is 9.73 Å². The van der Waals surface area contributed by atoms with Gasteiger partial charge in [-0.1, -0.05) is 23.2 Å². The number of hydrogen-bond donors (Lipinski definition) is 1. The van der Waals surface area contributed by atoms with Gasteiger partial charge in [0.15, 0.2) is 0 Å². The zero-order valence-corrected chi connectivity index (χ0v) is 15.4. The fourth-order valence-electron chi connectivity index (χ4n) is 1.88. The molecule has 2 aromatic rings. The van der Waals surface area contributed by atoms with Gasteiger partial charge in [0.1, 0.15) is 6.54 Å². The number of nitrogens with zero attached hydrogens (tertiary/aromatic N) is 3. The summed E-state index contributed by atoms with van der Waals surface area (Å²) >= 11 is 11.8. The van der Waals surface area contributed by atoms with E-state index in [-0.39, 0.29) is 15.7 Å². The van der Waals surface area contributed by atoms with Crippen LogP contribution in [0.5, 0.6) is 0 Å². The first-order valence-corrected chi connectivity index (χ1v) is 9.52. The monoisotopic (exact) mass is 400 g/mol. The van der Waals surface area contributed by atoms with E-state index < -0.39 is 22.5 Å². The lowest BCUT2D eigenvalue weighted by Crippen LogP contribution is -2.39. The molecule has 0 aliphatic heterocycles. The van der Waals surface area contributed by atoms with Crippen LogP contribution in [0, 0.1) is 0 Å². The van der Waals surface area contributed by atoms with E-state index in [0.29, 0.717) is 0 Å². The van der Waals surface area contributed by atoms with E-state index in [0.717, 1.165) is 16.1 Å². The number of carbonyl (C=O) groups is 1. The highest BCUT2D eigenvalue weighted by Crippen LogP contribution is 2.26. The van der Waals surface area contributed by atoms with Gasteiger partial charge in [0, 0.05) is 22.4 Å². The van der Waals surface area contributed by atoms with E-state index in [1.807, 2.05) is 0 Å². The maximum Gasteiger partial charge on any atom is 0.260 e. The Balaban J connectivity index is 2.12. The molecule has 0 saturated carbocycles. The Morgan fingerprint density at radius 1 is 1.24 bits per heavy atom. The second-order valence-corrected chi connectivity index (χ2v) is 7.75. The number of benzene rings is 1. The SMILES string of the molecule is CS(=O)(=O)N(CC(=O)N/N=C\c1ccncc1)c1cc(Cl)cc(Cl)c1. The van der Waals surface area contributed by atoms with E-state index in [1.165, 1.54) is 24.4 Å². The third-order valence-corrected chi connectivity index (χ3v) is 4.51. The number of halogens is 2. The summed E-state index contributed by atoms with van der Waals surface area (Å²) in [6, 6.07) is 7.68. The summed E-state index contributed by atoms with van der Waals surface area (Å²) in [6.07, 6.45) is 5.56. The average molecular weight is 401 g/mol. The molecule has 0 fully saturated rings. The number of rotatable bonds is 6. The van der Waals surface area contributed by atoms with Gasteiger partial charge < -0.3 is 0 Å². The Labute approximate surface area is 155 Å². The molecular formula is C15H14Cl2N4O3S. The molecule has 1 heterocycles. The number of sulfonamides is 1. The summed E-state index contributed by atoms with van der Waals surface area (Å²) in [5, 5.41) is 4.29. The van der Waals surface area contributed by atoms with Crippen LogP contribution in [-0.4, -0.2) is 38.3 Å². The molecule has 2 rings (SSSR count). The lowest BCUT2D eigenvalue weighted by Gasteiger charge is -2.21. The minimum atomic E-state index is -3.73. The topological polar surface area (TPSA) is 91.7 Å². The first kappa shape index (κ1) is 19.2. The Bertz CT molecular complexity index is 869. The fourth-order valence-corrected chi connectivity index (χ4v) is 3.23. The number of anilines is 1. The zero-order valence-electron chi connectivity index (χ0n) is 13.1. The highest BCUT2D eigenvalue weighted by atomic mass is 35.5. The summed E-state index contributed by atoms with van der Waals surface area (Å²) in [5.74, 6) is -0.619. The number of hydrogen-bond acceptors (Lipinski definition) is 5. The molecule has 0 radical (unpaired) electrons. The molecule has 25 heavy (non-hydrogen) atoms. The third-order valence-electron chi connectivity index (χ3n) is 2.93. The number of carbonyl (C=O) groups excluding carboxylic acids is 1. The van der Waals surface area contributed by atoms with Gasteiger partial charge in [-0.15, -0.1) is 0 Å². The van der Waals surface area contributed by atoms with Gasteiger partial charge in [-0.2, -0.15) is 5.10 Å². The maximum atomic E-state index is 12.0. The van der Waals surface area contributed by atoms with Gasteiger partial charge in [0.05, 0.1) is 18.2 Å². The lowest BCUT2D eigenvalue weighted by molar-refractivity contribution is -0.119. The molecule has 0 aliphatic carbocycles. The molecular weight excluding hydrogens is 387 g/mol. The molecule has 132 valence electrons. The fraction of sp³-hybridized carbons (Fsp3) is 0.133. The van der Waals surface area contributed by atoms with E-state index in [9.17, 15) is 13.2 Å². The Hall–Kier alpha value is -2.16. The zero-order chi connectivity index (χ0) is 18.4. The summed E-state index contributed by atoms with van der Waals surface area (Å²) < 4.78 is 24.9. The molecule has 0 atom stereocenters. The quantitative estimate of drug-likeness (QED) is 0.594. The highest BCUT2D eigenvalue weighted by Gasteiger charge is 2.21. The first-order chi connectivity index (χ1) is 11.8. The van der Waals surface area contributed by atoms with Crippen molar-refractivity contribution in [2.45, 2.75) is 0 Å². The minimum absolute atomic E-state index is 0.188. The van der Waals surface area contributed by atoms with Crippen LogP contribution in [0.1, 0.15) is 5.56 Å². The van der Waals surface area contributed by atoms with Crippen LogP contribution in [0.3, 0.4) is 0 Å². The molecule has 1 N–H and O–H groups in total. The Morgan fingerprint density at radius 3 is 2.40 bits per heavy atom. The highest BCUT2D eigenvalue weighted by molar-refractivity contribution is 7.92. The van der Waals surface area contributed by atoms with Gasteiger partial charge in [-0.25, -0.2) is 13.8 Å². The second-order valence-electron chi connectivity index (χ2n) is 4.97. The standard InChI is InChI=1S/C15H14Cl2N4O3S/c1-25(23,24)21(14-7-12(16)6-13(17)8-14)10-15(22)20-19-9-11-2-4-18-5-3-11/h2-9H,10H2,1H3,(H,20,22)/b19-9-. The first-order valence-electron chi connectivity index (χ1n) is 6.91. The Kier molecular flexibility index (Phi) is 6.35. The molecule has 0 aliphatic rings. The molecule has 0 saturated heterocycles. The molecule has 0 unspecified atom stereocenters. The van der Waals surface area contributed by atoms with Crippen molar-refractivity contribution < 1.29 is 13.2 Å². The minimum Gasteiger partial charge on any atom is -0.271 e. The van der Waals surface area contributed by atoms with Crippen molar-refractivity contribution in [1.29, 1.82) is 0 Å². The molecule has 0 spiro atoms. The number of hydrazone groups is 1. The van der Waals surface area contributed by atoms with Crippen LogP contribution >= 0.6 is 23.2 Å².